The van der Waals surface area contributed by atoms with Crippen molar-refractivity contribution in [2.24, 2.45) is 0 Å². The van der Waals surface area contributed by atoms with E-state index < -0.39 is 11.8 Å². The van der Waals surface area contributed by atoms with Crippen molar-refractivity contribution in [2.75, 3.05) is 26.3 Å². The lowest BCUT2D eigenvalue weighted by atomic mass is 10.1. The normalized spacial score (nSPS) is 14.2. The van der Waals surface area contributed by atoms with Crippen LogP contribution in [0.25, 0.3) is 10.9 Å². The Hall–Kier alpha value is -3.40. The van der Waals surface area contributed by atoms with Crippen molar-refractivity contribution in [2.45, 2.75) is 33.0 Å². The number of rotatable bonds is 9. The first-order chi connectivity index (χ1) is 18.0. The third-order valence-electron chi connectivity index (χ3n) is 6.38. The molecule has 37 heavy (non-hydrogen) atoms. The van der Waals surface area contributed by atoms with E-state index in [-0.39, 0.29) is 12.5 Å². The van der Waals surface area contributed by atoms with Crippen LogP contribution in [0.1, 0.15) is 50.3 Å². The predicted molar refractivity (Wildman–Crippen MR) is 139 cm³/mol. The van der Waals surface area contributed by atoms with Gasteiger partial charge < -0.3 is 14.0 Å². The molecule has 9 heteroatoms. The number of esters is 1. The van der Waals surface area contributed by atoms with Crippen LogP contribution in [0, 0.1) is 5.82 Å². The third-order valence-corrected chi connectivity index (χ3v) is 7.27. The highest BCUT2D eigenvalue weighted by atomic mass is 32.1. The SMILES string of the molecule is CCCc1csc(C(=O)c2cn(COC(=O)c3ccc(CN4CCOCC4)cc3)c3cc(F)ccc23)n1. The number of aromatic nitrogens is 2. The number of carbonyl (C=O) groups is 2. The zero-order valence-electron chi connectivity index (χ0n) is 20.6. The van der Waals surface area contributed by atoms with Crippen LogP contribution in [0.2, 0.25) is 0 Å². The van der Waals surface area contributed by atoms with Gasteiger partial charge in [0.25, 0.3) is 0 Å². The van der Waals surface area contributed by atoms with Crippen LogP contribution in [-0.2, 0) is 29.2 Å². The Balaban J connectivity index is 1.30. The molecule has 1 fully saturated rings. The summed E-state index contributed by atoms with van der Waals surface area (Å²) in [5.74, 6) is -1.16. The van der Waals surface area contributed by atoms with Gasteiger partial charge in [-0.3, -0.25) is 9.69 Å². The number of ketones is 1. The highest BCUT2D eigenvalue weighted by molar-refractivity contribution is 7.12. The summed E-state index contributed by atoms with van der Waals surface area (Å²) in [4.78, 5) is 32.7. The van der Waals surface area contributed by atoms with Crippen LogP contribution in [0.15, 0.2) is 54.0 Å². The first-order valence-corrected chi connectivity index (χ1v) is 13.2. The summed E-state index contributed by atoms with van der Waals surface area (Å²) in [6.45, 7) is 5.96. The smallest absolute Gasteiger partial charge is 0.339 e. The van der Waals surface area contributed by atoms with Gasteiger partial charge in [0.05, 0.1) is 35.6 Å². The van der Waals surface area contributed by atoms with Gasteiger partial charge in [-0.15, -0.1) is 11.3 Å². The second-order valence-corrected chi connectivity index (χ2v) is 9.90. The number of aryl methyl sites for hydroxylation is 1. The molecule has 0 radical (unpaired) electrons. The molecule has 1 saturated heterocycles. The lowest BCUT2D eigenvalue weighted by Gasteiger charge is -2.26. The largest absolute Gasteiger partial charge is 0.440 e. The van der Waals surface area contributed by atoms with Gasteiger partial charge in [0.15, 0.2) is 11.7 Å². The molecule has 0 bridgehead atoms. The Morgan fingerprint density at radius 2 is 1.92 bits per heavy atom. The van der Waals surface area contributed by atoms with Gasteiger partial charge in [-0.05, 0) is 42.3 Å². The summed E-state index contributed by atoms with van der Waals surface area (Å²) in [7, 11) is 0. The molecule has 1 aliphatic heterocycles. The molecule has 2 aromatic heterocycles. The second-order valence-electron chi connectivity index (χ2n) is 9.04. The first kappa shape index (κ1) is 25.3. The molecule has 0 saturated carbocycles. The second kappa shape index (κ2) is 11.3. The fourth-order valence-corrected chi connectivity index (χ4v) is 5.23. The average Bonchev–Trinajstić information content (AvgIpc) is 3.53. The van der Waals surface area contributed by atoms with Crippen LogP contribution < -0.4 is 0 Å². The van der Waals surface area contributed by atoms with E-state index in [0.717, 1.165) is 56.9 Å². The number of hydrogen-bond donors (Lipinski definition) is 0. The Kier molecular flexibility index (Phi) is 7.73. The van der Waals surface area contributed by atoms with E-state index in [2.05, 4.69) is 16.8 Å². The number of morpholine rings is 1. The van der Waals surface area contributed by atoms with Crippen LogP contribution in [0.4, 0.5) is 4.39 Å². The summed E-state index contributed by atoms with van der Waals surface area (Å²) in [5, 5.41) is 2.87. The minimum absolute atomic E-state index is 0.152. The lowest BCUT2D eigenvalue weighted by Crippen LogP contribution is -2.35. The van der Waals surface area contributed by atoms with Crippen molar-refractivity contribution in [1.29, 1.82) is 0 Å². The van der Waals surface area contributed by atoms with E-state index in [1.54, 1.807) is 29.0 Å². The molecule has 0 N–H and O–H groups in total. The van der Waals surface area contributed by atoms with Gasteiger partial charge in [-0.25, -0.2) is 14.2 Å². The Bertz CT molecular complexity index is 1410. The number of ether oxygens (including phenoxy) is 2. The van der Waals surface area contributed by atoms with E-state index in [4.69, 9.17) is 9.47 Å². The van der Waals surface area contributed by atoms with Crippen molar-refractivity contribution in [1.82, 2.24) is 14.5 Å². The van der Waals surface area contributed by atoms with Crippen molar-refractivity contribution >= 4 is 34.0 Å². The van der Waals surface area contributed by atoms with E-state index in [1.807, 2.05) is 17.5 Å². The molecule has 0 amide bonds. The highest BCUT2D eigenvalue weighted by Crippen LogP contribution is 2.26. The molecule has 5 rings (SSSR count). The predicted octanol–water partition coefficient (Wildman–Crippen LogP) is 5.07. The van der Waals surface area contributed by atoms with E-state index in [0.29, 0.717) is 27.0 Å². The summed E-state index contributed by atoms with van der Waals surface area (Å²) < 4.78 is 26.6. The quantitative estimate of drug-likeness (QED) is 0.226. The number of fused-ring (bicyclic) bond motifs is 1. The Morgan fingerprint density at radius 1 is 1.14 bits per heavy atom. The maximum atomic E-state index is 14.1. The molecule has 192 valence electrons. The standard InChI is InChI=1S/C28H28FN3O4S/c1-2-3-22-17-37-27(30-22)26(33)24-16-32(25-14-21(29)8-9-23(24)25)18-36-28(34)20-6-4-19(5-7-20)15-31-10-12-35-13-11-31/h4-9,14,16-17H,2-3,10-13,15,18H2,1H3. The molecule has 1 aliphatic rings. The molecule has 3 heterocycles. The molecule has 7 nitrogen and oxygen atoms in total. The number of hydrogen-bond acceptors (Lipinski definition) is 7. The van der Waals surface area contributed by atoms with Gasteiger partial charge in [0.2, 0.25) is 5.78 Å². The molecule has 4 aromatic rings. The topological polar surface area (TPSA) is 73.7 Å². The molecule has 0 aliphatic carbocycles. The molecular weight excluding hydrogens is 493 g/mol. The Labute approximate surface area is 218 Å². The van der Waals surface area contributed by atoms with Crippen LogP contribution in [0.5, 0.6) is 0 Å². The van der Waals surface area contributed by atoms with Crippen molar-refractivity contribution in [3.05, 3.63) is 87.3 Å². The van der Waals surface area contributed by atoms with Crippen molar-refractivity contribution in [3.8, 4) is 0 Å². The molecule has 0 spiro atoms. The lowest BCUT2D eigenvalue weighted by molar-refractivity contribution is 0.0342. The van der Waals surface area contributed by atoms with Crippen LogP contribution in [0.3, 0.4) is 0 Å². The number of thiazole rings is 1. The fourth-order valence-electron chi connectivity index (χ4n) is 4.43. The average molecular weight is 522 g/mol. The number of benzene rings is 2. The first-order valence-electron chi connectivity index (χ1n) is 12.4. The third kappa shape index (κ3) is 5.79. The number of carbonyl (C=O) groups excluding carboxylic acids is 2. The zero-order chi connectivity index (χ0) is 25.8. The van der Waals surface area contributed by atoms with Gasteiger partial charge >= 0.3 is 5.97 Å². The fraction of sp³-hybridized carbons (Fsp3) is 0.321. The molecular formula is C28H28FN3O4S. The van der Waals surface area contributed by atoms with Crippen LogP contribution >= 0.6 is 11.3 Å². The maximum absolute atomic E-state index is 14.1. The maximum Gasteiger partial charge on any atom is 0.339 e. The van der Waals surface area contributed by atoms with Gasteiger partial charge in [0.1, 0.15) is 5.82 Å². The summed E-state index contributed by atoms with van der Waals surface area (Å²) in [5.41, 5.74) is 3.29. The van der Waals surface area contributed by atoms with Crippen molar-refractivity contribution in [3.63, 3.8) is 0 Å². The summed E-state index contributed by atoms with van der Waals surface area (Å²) in [6, 6.07) is 11.6. The minimum Gasteiger partial charge on any atom is -0.440 e. The summed E-state index contributed by atoms with van der Waals surface area (Å²) >= 11 is 1.30. The van der Waals surface area contributed by atoms with Crippen LogP contribution in [-0.4, -0.2) is 52.5 Å². The Morgan fingerprint density at radius 3 is 2.68 bits per heavy atom. The van der Waals surface area contributed by atoms with E-state index in [9.17, 15) is 14.0 Å². The molecule has 0 atom stereocenters. The van der Waals surface area contributed by atoms with E-state index in [1.165, 1.54) is 23.5 Å². The van der Waals surface area contributed by atoms with Gasteiger partial charge in [-0.1, -0.05) is 25.5 Å². The number of nitrogens with zero attached hydrogens (tertiary/aromatic N) is 3. The van der Waals surface area contributed by atoms with Gasteiger partial charge in [-0.2, -0.15) is 0 Å². The minimum atomic E-state index is -0.492. The number of halogens is 1. The zero-order valence-corrected chi connectivity index (χ0v) is 21.4. The molecule has 0 unspecified atom stereocenters. The monoisotopic (exact) mass is 521 g/mol. The summed E-state index contributed by atoms with van der Waals surface area (Å²) in [6.07, 6.45) is 3.35. The van der Waals surface area contributed by atoms with Gasteiger partial charge in [0, 0.05) is 36.6 Å². The highest BCUT2D eigenvalue weighted by Gasteiger charge is 2.21. The van der Waals surface area contributed by atoms with E-state index >= 15 is 0 Å². The molecule has 2 aromatic carbocycles. The van der Waals surface area contributed by atoms with Crippen molar-refractivity contribution < 1.29 is 23.5 Å².